The number of fused-ring (bicyclic) bond motifs is 2. The summed E-state index contributed by atoms with van der Waals surface area (Å²) in [6, 6.07) is 31.0. The average Bonchev–Trinajstić information content (AvgIpc) is 3.06. The van der Waals surface area contributed by atoms with Crippen LogP contribution >= 0.6 is 0 Å². The molecular formula is C31H28O. The number of hydrogen-bond donors (Lipinski definition) is 0. The molecule has 2 unspecified atom stereocenters. The highest BCUT2D eigenvalue weighted by Gasteiger charge is 2.68. The minimum atomic E-state index is -0.575. The van der Waals surface area contributed by atoms with Gasteiger partial charge in [-0.05, 0) is 46.3 Å². The van der Waals surface area contributed by atoms with Gasteiger partial charge in [-0.1, -0.05) is 117 Å². The van der Waals surface area contributed by atoms with Crippen LogP contribution in [0.4, 0.5) is 0 Å². The molecule has 0 amide bonds. The van der Waals surface area contributed by atoms with E-state index in [1.54, 1.807) is 0 Å². The minimum absolute atomic E-state index is 0.0513. The summed E-state index contributed by atoms with van der Waals surface area (Å²) >= 11 is 0. The van der Waals surface area contributed by atoms with Crippen molar-refractivity contribution in [2.75, 3.05) is 0 Å². The van der Waals surface area contributed by atoms with Crippen molar-refractivity contribution in [3.05, 3.63) is 124 Å². The summed E-state index contributed by atoms with van der Waals surface area (Å²) in [4.78, 5) is 14.0. The number of ketones is 1. The van der Waals surface area contributed by atoms with Crippen molar-refractivity contribution in [1.29, 1.82) is 0 Å². The molecule has 0 radical (unpaired) electrons. The molecule has 2 aliphatic carbocycles. The van der Waals surface area contributed by atoms with Gasteiger partial charge < -0.3 is 0 Å². The predicted octanol–water partition coefficient (Wildman–Crippen LogP) is 7.48. The summed E-state index contributed by atoms with van der Waals surface area (Å²) < 4.78 is 0. The molecule has 0 aliphatic heterocycles. The van der Waals surface area contributed by atoms with Crippen LogP contribution in [0.2, 0.25) is 0 Å². The van der Waals surface area contributed by atoms with Crippen molar-refractivity contribution in [2.24, 2.45) is 16.7 Å². The van der Waals surface area contributed by atoms with Crippen molar-refractivity contribution in [2.45, 2.75) is 20.8 Å². The van der Waals surface area contributed by atoms with Crippen LogP contribution in [-0.4, -0.2) is 5.78 Å². The number of benzene rings is 3. The van der Waals surface area contributed by atoms with Crippen LogP contribution in [-0.2, 0) is 4.79 Å². The van der Waals surface area contributed by atoms with Crippen LogP contribution in [0.1, 0.15) is 37.5 Å². The fourth-order valence-corrected chi connectivity index (χ4v) is 5.57. The van der Waals surface area contributed by atoms with Crippen molar-refractivity contribution >= 4 is 24.0 Å². The molecule has 0 aromatic heterocycles. The van der Waals surface area contributed by atoms with Crippen LogP contribution in [0.25, 0.3) is 18.2 Å². The highest BCUT2D eigenvalue weighted by Crippen LogP contribution is 2.70. The molecule has 2 atom stereocenters. The smallest absolute Gasteiger partial charge is 0.170 e. The first kappa shape index (κ1) is 20.5. The van der Waals surface area contributed by atoms with Crippen LogP contribution in [0.15, 0.2) is 108 Å². The maximum atomic E-state index is 14.0. The van der Waals surface area contributed by atoms with Gasteiger partial charge in [-0.3, -0.25) is 4.79 Å². The first-order valence-electron chi connectivity index (χ1n) is 11.3. The first-order chi connectivity index (χ1) is 15.4. The third-order valence-corrected chi connectivity index (χ3v) is 7.55. The van der Waals surface area contributed by atoms with E-state index in [1.807, 2.05) is 30.3 Å². The maximum Gasteiger partial charge on any atom is 0.170 e. The van der Waals surface area contributed by atoms with Gasteiger partial charge in [0, 0.05) is 11.5 Å². The molecule has 158 valence electrons. The number of rotatable bonds is 3. The molecule has 2 aliphatic rings. The molecule has 2 fully saturated rings. The molecule has 2 saturated carbocycles. The van der Waals surface area contributed by atoms with Crippen LogP contribution in [0.5, 0.6) is 0 Å². The quantitative estimate of drug-likeness (QED) is 0.404. The normalized spacial score (nSPS) is 27.5. The Labute approximate surface area is 190 Å². The Morgan fingerprint density at radius 1 is 0.594 bits per heavy atom. The van der Waals surface area contributed by atoms with Gasteiger partial charge in [0.15, 0.2) is 5.78 Å². The third-order valence-electron chi connectivity index (χ3n) is 7.55. The molecule has 0 N–H and O–H groups in total. The fraction of sp³-hybridized carbons (Fsp3) is 0.194. The van der Waals surface area contributed by atoms with Crippen molar-refractivity contribution in [3.63, 3.8) is 0 Å². The van der Waals surface area contributed by atoms with E-state index in [1.165, 1.54) is 11.1 Å². The maximum absolute atomic E-state index is 14.0. The molecule has 32 heavy (non-hydrogen) atoms. The monoisotopic (exact) mass is 416 g/mol. The SMILES string of the molecule is CC12C(=O)C(=Cc3ccccc3)C(C(=Cc3ccccc3)C1=Cc1ccccc1)C2(C)C. The fourth-order valence-electron chi connectivity index (χ4n) is 5.57. The van der Waals surface area contributed by atoms with E-state index >= 15 is 0 Å². The Morgan fingerprint density at radius 3 is 1.47 bits per heavy atom. The number of Topliss-reactive ketones (excluding diaryl/α,β-unsaturated/α-hetero) is 1. The van der Waals surface area contributed by atoms with E-state index in [0.29, 0.717) is 0 Å². The summed E-state index contributed by atoms with van der Waals surface area (Å²) in [5.74, 6) is 0.305. The van der Waals surface area contributed by atoms with Gasteiger partial charge >= 0.3 is 0 Å². The van der Waals surface area contributed by atoms with Gasteiger partial charge in [-0.2, -0.15) is 0 Å². The lowest BCUT2D eigenvalue weighted by atomic mass is 9.68. The van der Waals surface area contributed by atoms with Gasteiger partial charge in [-0.15, -0.1) is 0 Å². The second-order valence-corrected chi connectivity index (χ2v) is 9.60. The van der Waals surface area contributed by atoms with E-state index in [9.17, 15) is 4.79 Å². The third kappa shape index (κ3) is 3.04. The largest absolute Gasteiger partial charge is 0.294 e. The topological polar surface area (TPSA) is 17.1 Å². The Hall–Kier alpha value is -3.45. The molecule has 1 nitrogen and oxygen atoms in total. The van der Waals surface area contributed by atoms with Crippen molar-refractivity contribution < 1.29 is 4.79 Å². The molecule has 3 aromatic rings. The summed E-state index contributed by atoms with van der Waals surface area (Å²) in [5, 5.41) is 0. The van der Waals surface area contributed by atoms with Crippen molar-refractivity contribution in [1.82, 2.24) is 0 Å². The standard InChI is InChI=1S/C31H28O/c1-30(2)28-25(19-22-13-7-4-8-14-22)27(21-24-17-11-6-12-18-24)31(30,3)29(32)26(28)20-23-15-9-5-10-16-23/h4-21,28H,1-3H3. The second kappa shape index (κ2) is 7.60. The number of carbonyl (C=O) groups excluding carboxylic acids is 1. The lowest BCUT2D eigenvalue weighted by molar-refractivity contribution is -0.122. The predicted molar refractivity (Wildman–Crippen MR) is 134 cm³/mol. The zero-order valence-electron chi connectivity index (χ0n) is 18.9. The van der Waals surface area contributed by atoms with E-state index < -0.39 is 5.41 Å². The summed E-state index contributed by atoms with van der Waals surface area (Å²) in [6.45, 7) is 6.66. The Bertz CT molecular complexity index is 1240. The molecule has 0 heterocycles. The van der Waals surface area contributed by atoms with Gasteiger partial charge in [0.1, 0.15) is 0 Å². The molecule has 0 saturated heterocycles. The lowest BCUT2D eigenvalue weighted by Gasteiger charge is -2.33. The Balaban J connectivity index is 1.75. The molecular weight excluding hydrogens is 388 g/mol. The van der Waals surface area contributed by atoms with Crippen molar-refractivity contribution in [3.8, 4) is 0 Å². The zero-order chi connectivity index (χ0) is 22.3. The molecule has 3 aromatic carbocycles. The van der Waals surface area contributed by atoms with E-state index in [4.69, 9.17) is 0 Å². The summed E-state index contributed by atoms with van der Waals surface area (Å²) in [5.41, 5.74) is 5.92. The van der Waals surface area contributed by atoms with Crippen LogP contribution in [0, 0.1) is 16.7 Å². The van der Waals surface area contributed by atoms with Crippen LogP contribution < -0.4 is 0 Å². The zero-order valence-corrected chi connectivity index (χ0v) is 18.9. The van der Waals surface area contributed by atoms with E-state index in [-0.39, 0.29) is 17.1 Å². The molecule has 1 heteroatoms. The Kier molecular flexibility index (Phi) is 4.86. The van der Waals surface area contributed by atoms with Gasteiger partial charge in [0.05, 0.1) is 5.41 Å². The van der Waals surface area contributed by atoms with Gasteiger partial charge in [0.25, 0.3) is 0 Å². The number of carbonyl (C=O) groups is 1. The molecule has 2 bridgehead atoms. The van der Waals surface area contributed by atoms with Crippen LogP contribution in [0.3, 0.4) is 0 Å². The average molecular weight is 417 g/mol. The van der Waals surface area contributed by atoms with Gasteiger partial charge in [0.2, 0.25) is 0 Å². The number of hydrogen-bond acceptors (Lipinski definition) is 1. The van der Waals surface area contributed by atoms with Gasteiger partial charge in [-0.25, -0.2) is 0 Å². The molecule has 0 spiro atoms. The summed E-state index contributed by atoms with van der Waals surface area (Å²) in [7, 11) is 0. The second-order valence-electron chi connectivity index (χ2n) is 9.60. The summed E-state index contributed by atoms with van der Waals surface area (Å²) in [6.07, 6.45) is 6.63. The highest BCUT2D eigenvalue weighted by atomic mass is 16.1. The van der Waals surface area contributed by atoms with E-state index in [0.717, 1.165) is 22.3 Å². The first-order valence-corrected chi connectivity index (χ1v) is 11.3. The van der Waals surface area contributed by atoms with E-state index in [2.05, 4.69) is 99.7 Å². The highest BCUT2D eigenvalue weighted by molar-refractivity contribution is 6.14. The number of allylic oxidation sites excluding steroid dienone is 3. The molecule has 5 rings (SSSR count). The minimum Gasteiger partial charge on any atom is -0.294 e. The lowest BCUT2D eigenvalue weighted by Crippen LogP contribution is -2.34. The Morgan fingerprint density at radius 2 is 1.00 bits per heavy atom.